The number of benzene rings is 1. The average molecular weight is 225 g/mol. The van der Waals surface area contributed by atoms with Gasteiger partial charge in [-0.25, -0.2) is 0 Å². The molecule has 0 saturated carbocycles. The predicted octanol–water partition coefficient (Wildman–Crippen LogP) is 3.86. The first-order chi connectivity index (χ1) is 7.20. The lowest BCUT2D eigenvalue weighted by molar-refractivity contribution is 0.343. The minimum Gasteiger partial charge on any atom is -0.312 e. The Morgan fingerprint density at radius 2 is 2.07 bits per heavy atom. The third kappa shape index (κ3) is 3.90. The van der Waals surface area contributed by atoms with Crippen LogP contribution in [0.3, 0.4) is 0 Å². The molecule has 0 aliphatic heterocycles. The van der Waals surface area contributed by atoms with Crippen LogP contribution in [-0.4, -0.2) is 6.61 Å². The van der Waals surface area contributed by atoms with Gasteiger partial charge in [0.2, 0.25) is 0 Å². The van der Waals surface area contributed by atoms with Gasteiger partial charge in [0.1, 0.15) is 0 Å². The highest BCUT2D eigenvalue weighted by atomic mass is 31.2. The van der Waals surface area contributed by atoms with Crippen molar-refractivity contribution in [2.24, 2.45) is 0 Å². The topological polar surface area (TPSA) is 38.3 Å². The summed E-state index contributed by atoms with van der Waals surface area (Å²) in [6.45, 7) is 4.06. The largest absolute Gasteiger partial charge is 0.316 e. The van der Waals surface area contributed by atoms with Gasteiger partial charge in [0, 0.05) is 11.5 Å². The monoisotopic (exact) mass is 225 g/mol. The van der Waals surface area contributed by atoms with Crippen molar-refractivity contribution in [3.8, 4) is 0 Å². The highest BCUT2D eigenvalue weighted by Gasteiger charge is 2.17. The Kier molecular flexibility index (Phi) is 4.60. The van der Waals surface area contributed by atoms with Gasteiger partial charge >= 0.3 is 7.52 Å². The van der Waals surface area contributed by atoms with E-state index in [1.54, 1.807) is 11.9 Å². The molecule has 15 heavy (non-hydrogen) atoms. The fraction of sp³-hybridized carbons (Fsp3) is 0.273. The lowest BCUT2D eigenvalue weighted by Gasteiger charge is -2.16. The maximum atomic E-state index is 12.2. The van der Waals surface area contributed by atoms with Crippen molar-refractivity contribution in [2.75, 3.05) is 11.7 Å². The van der Waals surface area contributed by atoms with Crippen LogP contribution >= 0.6 is 7.52 Å². The number of para-hydroxylation sites is 1. The molecule has 3 nitrogen and oxygen atoms in total. The average Bonchev–Trinajstić information content (AvgIpc) is 2.19. The third-order valence-electron chi connectivity index (χ3n) is 1.72. The Balaban J connectivity index is 2.80. The summed E-state index contributed by atoms with van der Waals surface area (Å²) < 4.78 is 17.4. The lowest BCUT2D eigenvalue weighted by atomic mass is 10.3. The molecule has 0 radical (unpaired) electrons. The van der Waals surface area contributed by atoms with E-state index < -0.39 is 7.52 Å². The molecular weight excluding hydrogens is 209 g/mol. The van der Waals surface area contributed by atoms with E-state index in [1.165, 1.54) is 0 Å². The van der Waals surface area contributed by atoms with Crippen molar-refractivity contribution in [2.45, 2.75) is 13.8 Å². The predicted molar refractivity (Wildman–Crippen MR) is 64.1 cm³/mol. The van der Waals surface area contributed by atoms with Crippen molar-refractivity contribution in [1.29, 1.82) is 0 Å². The minimum atomic E-state index is -2.87. The number of nitrogens with one attached hydrogen (secondary N) is 1. The van der Waals surface area contributed by atoms with E-state index in [4.69, 9.17) is 4.52 Å². The van der Waals surface area contributed by atoms with Crippen LogP contribution in [0, 0.1) is 0 Å². The first-order valence-corrected chi connectivity index (χ1v) is 6.61. The van der Waals surface area contributed by atoms with Gasteiger partial charge in [0.15, 0.2) is 0 Å². The van der Waals surface area contributed by atoms with E-state index >= 15 is 0 Å². The number of allylic oxidation sites excluding steroid dienone is 1. The zero-order valence-corrected chi connectivity index (χ0v) is 9.91. The van der Waals surface area contributed by atoms with Crippen molar-refractivity contribution >= 4 is 13.2 Å². The molecule has 0 heterocycles. The highest BCUT2D eigenvalue weighted by molar-refractivity contribution is 7.63. The molecule has 0 spiro atoms. The molecule has 1 rings (SSSR count). The fourth-order valence-electron chi connectivity index (χ4n) is 1.19. The summed E-state index contributed by atoms with van der Waals surface area (Å²) in [7, 11) is -2.87. The SMILES string of the molecule is CC=CP(=O)(Nc1ccccc1)OCC. The standard InChI is InChI=1S/C11H16NO2P/c1-3-10-15(13,14-4-2)12-11-8-6-5-7-9-11/h3,5-10H,4H2,1-2H3,(H,12,13). The molecule has 1 N–H and O–H groups in total. The van der Waals surface area contributed by atoms with Crippen LogP contribution in [0.25, 0.3) is 0 Å². The minimum absolute atomic E-state index is 0.418. The summed E-state index contributed by atoms with van der Waals surface area (Å²) in [5.41, 5.74) is 0.799. The summed E-state index contributed by atoms with van der Waals surface area (Å²) >= 11 is 0. The summed E-state index contributed by atoms with van der Waals surface area (Å²) in [5.74, 6) is 1.57. The smallest absolute Gasteiger partial charge is 0.312 e. The molecule has 0 aliphatic carbocycles. The van der Waals surface area contributed by atoms with E-state index in [0.29, 0.717) is 6.61 Å². The molecule has 0 aliphatic rings. The zero-order valence-electron chi connectivity index (χ0n) is 9.01. The molecule has 0 amide bonds. The fourth-order valence-corrected chi connectivity index (χ4v) is 2.70. The van der Waals surface area contributed by atoms with Gasteiger partial charge in [-0.1, -0.05) is 24.3 Å². The first-order valence-electron chi connectivity index (χ1n) is 4.91. The number of anilines is 1. The zero-order chi connectivity index (χ0) is 11.1. The van der Waals surface area contributed by atoms with Gasteiger partial charge in [0.25, 0.3) is 0 Å². The summed E-state index contributed by atoms with van der Waals surface area (Å²) in [4.78, 5) is 0. The summed E-state index contributed by atoms with van der Waals surface area (Å²) in [6.07, 6.45) is 1.73. The third-order valence-corrected chi connectivity index (χ3v) is 3.63. The molecule has 1 aromatic rings. The Labute approximate surface area is 90.7 Å². The maximum absolute atomic E-state index is 12.2. The van der Waals surface area contributed by atoms with Crippen LogP contribution in [0.15, 0.2) is 42.2 Å². The van der Waals surface area contributed by atoms with E-state index in [-0.39, 0.29) is 0 Å². The summed E-state index contributed by atoms with van der Waals surface area (Å²) in [5, 5.41) is 2.90. The van der Waals surface area contributed by atoms with Crippen molar-refractivity contribution in [3.63, 3.8) is 0 Å². The van der Waals surface area contributed by atoms with Gasteiger partial charge in [-0.3, -0.25) is 4.57 Å². The molecule has 0 saturated heterocycles. The van der Waals surface area contributed by atoms with Crippen LogP contribution < -0.4 is 5.09 Å². The number of rotatable bonds is 5. The Hall–Kier alpha value is -1.05. The lowest BCUT2D eigenvalue weighted by Crippen LogP contribution is -1.98. The molecule has 0 aromatic heterocycles. The van der Waals surface area contributed by atoms with E-state index in [9.17, 15) is 4.57 Å². The van der Waals surface area contributed by atoms with Gasteiger partial charge < -0.3 is 9.61 Å². The van der Waals surface area contributed by atoms with Crippen LogP contribution in [0.4, 0.5) is 5.69 Å². The van der Waals surface area contributed by atoms with E-state index in [1.807, 2.05) is 44.2 Å². The van der Waals surface area contributed by atoms with Crippen LogP contribution in [0.2, 0.25) is 0 Å². The second-order valence-electron chi connectivity index (χ2n) is 2.98. The highest BCUT2D eigenvalue weighted by Crippen LogP contribution is 2.47. The quantitative estimate of drug-likeness (QED) is 0.773. The Morgan fingerprint density at radius 1 is 1.40 bits per heavy atom. The molecule has 0 fully saturated rings. The Morgan fingerprint density at radius 3 is 2.60 bits per heavy atom. The van der Waals surface area contributed by atoms with Crippen molar-refractivity contribution < 1.29 is 9.09 Å². The van der Waals surface area contributed by atoms with Gasteiger partial charge in [-0.15, -0.1) is 0 Å². The Bertz CT molecular complexity index is 362. The first kappa shape index (κ1) is 12.0. The second kappa shape index (κ2) is 5.74. The van der Waals surface area contributed by atoms with Crippen molar-refractivity contribution in [1.82, 2.24) is 0 Å². The molecule has 1 aromatic carbocycles. The number of hydrogen-bond donors (Lipinski definition) is 1. The second-order valence-corrected chi connectivity index (χ2v) is 4.95. The van der Waals surface area contributed by atoms with E-state index in [2.05, 4.69) is 5.09 Å². The molecule has 82 valence electrons. The van der Waals surface area contributed by atoms with Crippen LogP contribution in [0.1, 0.15) is 13.8 Å². The van der Waals surface area contributed by atoms with E-state index in [0.717, 1.165) is 5.69 Å². The van der Waals surface area contributed by atoms with Crippen LogP contribution in [-0.2, 0) is 9.09 Å². The normalized spacial score (nSPS) is 15.1. The van der Waals surface area contributed by atoms with Gasteiger partial charge in [-0.05, 0) is 26.0 Å². The summed E-state index contributed by atoms with van der Waals surface area (Å²) in [6, 6.07) is 9.39. The molecule has 1 atom stereocenters. The molecule has 4 heteroatoms. The van der Waals surface area contributed by atoms with Crippen LogP contribution in [0.5, 0.6) is 0 Å². The van der Waals surface area contributed by atoms with Crippen molar-refractivity contribution in [3.05, 3.63) is 42.2 Å². The molecule has 0 bridgehead atoms. The molecule has 1 unspecified atom stereocenters. The maximum Gasteiger partial charge on any atom is 0.316 e. The van der Waals surface area contributed by atoms with Gasteiger partial charge in [0.05, 0.1) is 6.61 Å². The number of hydrogen-bond acceptors (Lipinski definition) is 2. The molecular formula is C11H16NO2P. The van der Waals surface area contributed by atoms with Gasteiger partial charge in [-0.2, -0.15) is 0 Å².